The number of alkyl halides is 3. The average molecular weight is 545 g/mol. The first-order valence-corrected chi connectivity index (χ1v) is 12.0. The molecule has 1 amide bonds. The Labute approximate surface area is 219 Å². The number of benzene rings is 3. The van der Waals surface area contributed by atoms with Gasteiger partial charge in [-0.2, -0.15) is 13.2 Å². The van der Waals surface area contributed by atoms with Crippen LogP contribution < -0.4 is 9.64 Å². The Morgan fingerprint density at radius 1 is 1.00 bits per heavy atom. The molecule has 0 unspecified atom stereocenters. The fourth-order valence-corrected chi connectivity index (χ4v) is 4.69. The molecule has 5 rings (SSSR count). The maximum Gasteiger partial charge on any atom is 0.423 e. The van der Waals surface area contributed by atoms with Gasteiger partial charge in [0, 0.05) is 48.0 Å². The summed E-state index contributed by atoms with van der Waals surface area (Å²) in [4.78, 5) is 31.2. The maximum atomic E-state index is 13.7. The van der Waals surface area contributed by atoms with E-state index in [-0.39, 0.29) is 29.0 Å². The minimum atomic E-state index is -4.94. The number of halogens is 4. The van der Waals surface area contributed by atoms with Gasteiger partial charge in [-0.05, 0) is 53.9 Å². The number of aromatic nitrogens is 1. The van der Waals surface area contributed by atoms with Crippen molar-refractivity contribution in [3.8, 4) is 5.75 Å². The zero-order valence-corrected chi connectivity index (χ0v) is 20.5. The van der Waals surface area contributed by atoms with E-state index in [0.29, 0.717) is 31.2 Å². The normalized spacial score (nSPS) is 14.2. The maximum absolute atomic E-state index is 13.7. The second-order valence-electron chi connectivity index (χ2n) is 8.76. The number of nitro groups is 1. The molecule has 0 radical (unpaired) electrons. The fraction of sp³-hybridized carbons (Fsp3) is 0.231. The Morgan fingerprint density at radius 3 is 2.42 bits per heavy atom. The van der Waals surface area contributed by atoms with Gasteiger partial charge in [0.25, 0.3) is 11.6 Å². The van der Waals surface area contributed by atoms with E-state index in [2.05, 4.69) is 9.88 Å². The molecule has 0 N–H and O–H groups in total. The van der Waals surface area contributed by atoms with Gasteiger partial charge >= 0.3 is 6.18 Å². The number of hydrogen-bond donors (Lipinski definition) is 0. The number of nitrogens with zero attached hydrogens (tertiary/aromatic N) is 4. The van der Waals surface area contributed by atoms with Crippen LogP contribution in [0.5, 0.6) is 5.75 Å². The third-order valence-corrected chi connectivity index (χ3v) is 6.64. The van der Waals surface area contributed by atoms with Gasteiger partial charge < -0.3 is 14.5 Å². The first kappa shape index (κ1) is 25.5. The molecule has 1 fully saturated rings. The minimum absolute atomic E-state index is 0.0101. The third kappa shape index (κ3) is 5.14. The molecule has 1 aromatic heterocycles. The minimum Gasteiger partial charge on any atom is -0.484 e. The smallest absolute Gasteiger partial charge is 0.423 e. The van der Waals surface area contributed by atoms with E-state index in [1.165, 1.54) is 18.2 Å². The van der Waals surface area contributed by atoms with Crippen LogP contribution in [-0.2, 0) is 11.0 Å². The number of nitro benzene ring substituents is 1. The van der Waals surface area contributed by atoms with Crippen molar-refractivity contribution in [1.29, 1.82) is 0 Å². The molecule has 8 nitrogen and oxygen atoms in total. The third-order valence-electron chi connectivity index (χ3n) is 6.41. The van der Waals surface area contributed by atoms with Crippen LogP contribution in [0, 0.1) is 10.1 Å². The Kier molecular flexibility index (Phi) is 6.70. The van der Waals surface area contributed by atoms with Crippen molar-refractivity contribution in [3.05, 3.63) is 81.4 Å². The van der Waals surface area contributed by atoms with Crippen LogP contribution in [0.1, 0.15) is 5.56 Å². The average Bonchev–Trinajstić information content (AvgIpc) is 2.90. The number of amides is 1. The quantitative estimate of drug-likeness (QED) is 0.237. The summed E-state index contributed by atoms with van der Waals surface area (Å²) in [5, 5.41) is 12.5. The van der Waals surface area contributed by atoms with Gasteiger partial charge in [0.15, 0.2) is 6.61 Å². The van der Waals surface area contributed by atoms with E-state index in [9.17, 15) is 28.1 Å². The summed E-state index contributed by atoms with van der Waals surface area (Å²) in [5.74, 6) is 0.478. The molecule has 0 bridgehead atoms. The SMILES string of the molecule is O=C(COc1ccc2ccc([N+](=O)[O-])c(C(F)(F)F)c2c1)N1CCN(c2ccc3cc(Cl)ccc3n2)CC1. The van der Waals surface area contributed by atoms with E-state index < -0.39 is 22.4 Å². The van der Waals surface area contributed by atoms with Crippen molar-refractivity contribution >= 4 is 50.7 Å². The van der Waals surface area contributed by atoms with Gasteiger partial charge in [-0.3, -0.25) is 14.9 Å². The standard InChI is InChI=1S/C26H20ClF3N4O4/c27-18-4-6-21-17(13-18)3-8-23(31-21)32-9-11-33(12-10-32)24(35)15-38-19-5-1-16-2-7-22(34(36)37)25(20(16)14-19)26(28,29)30/h1-8,13-14H,9-12,15H2. The lowest BCUT2D eigenvalue weighted by Crippen LogP contribution is -2.50. The fourth-order valence-electron chi connectivity index (χ4n) is 4.51. The van der Waals surface area contributed by atoms with Crippen LogP contribution in [0.25, 0.3) is 21.7 Å². The first-order chi connectivity index (χ1) is 18.1. The molecule has 1 aliphatic rings. The van der Waals surface area contributed by atoms with Crippen LogP contribution in [-0.4, -0.2) is 53.5 Å². The molecule has 196 valence electrons. The lowest BCUT2D eigenvalue weighted by atomic mass is 10.0. The van der Waals surface area contributed by atoms with Crippen LogP contribution in [0.15, 0.2) is 60.7 Å². The molecule has 0 atom stereocenters. The molecule has 1 aliphatic heterocycles. The molecule has 3 aromatic carbocycles. The lowest BCUT2D eigenvalue weighted by molar-refractivity contribution is -0.387. The van der Waals surface area contributed by atoms with Gasteiger partial charge in [0.05, 0.1) is 10.4 Å². The summed E-state index contributed by atoms with van der Waals surface area (Å²) in [6.07, 6.45) is -4.94. The van der Waals surface area contributed by atoms with E-state index in [1.54, 1.807) is 11.0 Å². The highest BCUT2D eigenvalue weighted by Crippen LogP contribution is 2.42. The van der Waals surface area contributed by atoms with Crippen molar-refractivity contribution in [2.75, 3.05) is 37.7 Å². The highest BCUT2D eigenvalue weighted by atomic mass is 35.5. The highest BCUT2D eigenvalue weighted by Gasteiger charge is 2.40. The van der Waals surface area contributed by atoms with Gasteiger partial charge in [0.2, 0.25) is 0 Å². The van der Waals surface area contributed by atoms with Crippen molar-refractivity contribution in [3.63, 3.8) is 0 Å². The second kappa shape index (κ2) is 9.97. The largest absolute Gasteiger partial charge is 0.484 e. The molecule has 2 heterocycles. The summed E-state index contributed by atoms with van der Waals surface area (Å²) >= 11 is 6.03. The summed E-state index contributed by atoms with van der Waals surface area (Å²) in [7, 11) is 0. The second-order valence-corrected chi connectivity index (χ2v) is 9.20. The van der Waals surface area contributed by atoms with Crippen LogP contribution in [0.3, 0.4) is 0 Å². The highest BCUT2D eigenvalue weighted by molar-refractivity contribution is 6.31. The molecular weight excluding hydrogens is 525 g/mol. The molecular formula is C26H20ClF3N4O4. The van der Waals surface area contributed by atoms with E-state index >= 15 is 0 Å². The van der Waals surface area contributed by atoms with Crippen LogP contribution >= 0.6 is 11.6 Å². The monoisotopic (exact) mass is 544 g/mol. The predicted octanol–water partition coefficient (Wildman–Crippen LogP) is 5.70. The van der Waals surface area contributed by atoms with Crippen LogP contribution in [0.4, 0.5) is 24.7 Å². The number of fused-ring (bicyclic) bond motifs is 2. The molecule has 0 saturated carbocycles. The Morgan fingerprint density at radius 2 is 1.71 bits per heavy atom. The van der Waals surface area contributed by atoms with Crippen molar-refractivity contribution in [2.24, 2.45) is 0 Å². The van der Waals surface area contributed by atoms with Gasteiger partial charge in [0.1, 0.15) is 17.1 Å². The van der Waals surface area contributed by atoms with Crippen molar-refractivity contribution in [2.45, 2.75) is 6.18 Å². The number of ether oxygens (including phenoxy) is 1. The Balaban J connectivity index is 1.24. The molecule has 0 aliphatic carbocycles. The number of hydrogen-bond acceptors (Lipinski definition) is 6. The number of piperazine rings is 1. The summed E-state index contributed by atoms with van der Waals surface area (Å²) in [6.45, 7) is 1.56. The van der Waals surface area contributed by atoms with Crippen molar-refractivity contribution in [1.82, 2.24) is 9.88 Å². The van der Waals surface area contributed by atoms with Gasteiger partial charge in [-0.25, -0.2) is 4.98 Å². The molecule has 12 heteroatoms. The van der Waals surface area contributed by atoms with Crippen LogP contribution in [0.2, 0.25) is 5.02 Å². The molecule has 38 heavy (non-hydrogen) atoms. The number of anilines is 1. The number of rotatable bonds is 5. The summed E-state index contributed by atoms with van der Waals surface area (Å²) in [6, 6.07) is 15.3. The molecule has 4 aromatic rings. The summed E-state index contributed by atoms with van der Waals surface area (Å²) in [5.41, 5.74) is -1.58. The topological polar surface area (TPSA) is 88.8 Å². The first-order valence-electron chi connectivity index (χ1n) is 11.6. The van der Waals surface area contributed by atoms with E-state index in [1.807, 2.05) is 24.3 Å². The number of pyridine rings is 1. The zero-order chi connectivity index (χ0) is 27.0. The van der Waals surface area contributed by atoms with E-state index in [0.717, 1.165) is 28.9 Å². The van der Waals surface area contributed by atoms with Gasteiger partial charge in [-0.1, -0.05) is 17.7 Å². The lowest BCUT2D eigenvalue weighted by Gasteiger charge is -2.35. The Hall–Kier alpha value is -4.12. The zero-order valence-electron chi connectivity index (χ0n) is 19.7. The molecule has 0 spiro atoms. The van der Waals surface area contributed by atoms with E-state index in [4.69, 9.17) is 16.3 Å². The number of carbonyl (C=O) groups is 1. The predicted molar refractivity (Wildman–Crippen MR) is 137 cm³/mol. The van der Waals surface area contributed by atoms with Gasteiger partial charge in [-0.15, -0.1) is 0 Å². The molecule has 1 saturated heterocycles. The number of carbonyl (C=O) groups excluding carboxylic acids is 1. The van der Waals surface area contributed by atoms with Crippen molar-refractivity contribution < 1.29 is 27.6 Å². The Bertz CT molecular complexity index is 1560. The summed E-state index contributed by atoms with van der Waals surface area (Å²) < 4.78 is 46.5.